The summed E-state index contributed by atoms with van der Waals surface area (Å²) in [4.78, 5) is 35.3. The number of alkyl halides is 1. The van der Waals surface area contributed by atoms with E-state index in [4.69, 9.17) is 16.3 Å². The van der Waals surface area contributed by atoms with Crippen molar-refractivity contribution in [2.24, 2.45) is 28.6 Å². The van der Waals surface area contributed by atoms with Crippen molar-refractivity contribution in [1.29, 1.82) is 0 Å². The number of imide groups is 1. The third kappa shape index (κ3) is 3.87. The summed E-state index contributed by atoms with van der Waals surface area (Å²) in [5, 5.41) is 2.49. The molecule has 0 radical (unpaired) electrons. The molecule has 6 heteroatoms. The standard InChI is InChI=1S/C22H32ClNO4/c1-12-16(7-6-14-8-19(26)24-20(14)27)22(5)11-15(23)10-21(3,4)18(22)9-17(12)28-13(2)25/h14-18H,1,6-11H2,2-5H3,(H,24,26,27)/t14-,15-,16-,17-,18-,22+/m0/s1. The Labute approximate surface area is 172 Å². The smallest absolute Gasteiger partial charge is 0.303 e. The molecule has 1 saturated heterocycles. The largest absolute Gasteiger partial charge is 0.458 e. The van der Waals surface area contributed by atoms with Crippen LogP contribution < -0.4 is 5.32 Å². The fourth-order valence-corrected chi connectivity index (χ4v) is 7.06. The molecule has 3 rings (SSSR count). The van der Waals surface area contributed by atoms with Gasteiger partial charge in [0.2, 0.25) is 11.8 Å². The van der Waals surface area contributed by atoms with E-state index < -0.39 is 0 Å². The Bertz CT molecular complexity index is 703. The highest BCUT2D eigenvalue weighted by atomic mass is 35.5. The number of esters is 1. The molecule has 0 aromatic heterocycles. The van der Waals surface area contributed by atoms with Crippen molar-refractivity contribution in [2.45, 2.75) is 77.7 Å². The van der Waals surface area contributed by atoms with Crippen LogP contribution in [0.2, 0.25) is 0 Å². The number of fused-ring (bicyclic) bond motifs is 1. The summed E-state index contributed by atoms with van der Waals surface area (Å²) in [5.41, 5.74) is 0.888. The SMILES string of the molecule is C=C1[C@@H](OC(C)=O)C[C@H]2C(C)(C)C[C@H](Cl)C[C@]2(C)[C@H]1CC[C@H]1CC(=O)NC1=O. The number of amides is 2. The number of carbonyl (C=O) groups is 3. The highest BCUT2D eigenvalue weighted by Crippen LogP contribution is 2.63. The van der Waals surface area contributed by atoms with Gasteiger partial charge in [-0.25, -0.2) is 0 Å². The lowest BCUT2D eigenvalue weighted by molar-refractivity contribution is -0.153. The van der Waals surface area contributed by atoms with E-state index in [1.165, 1.54) is 6.92 Å². The highest BCUT2D eigenvalue weighted by molar-refractivity contribution is 6.20. The minimum atomic E-state index is -0.300. The zero-order valence-electron chi connectivity index (χ0n) is 17.3. The fraction of sp³-hybridized carbons (Fsp3) is 0.773. The third-order valence-electron chi connectivity index (χ3n) is 7.43. The quantitative estimate of drug-likeness (QED) is 0.330. The molecule has 2 aliphatic carbocycles. The monoisotopic (exact) mass is 409 g/mol. The van der Waals surface area contributed by atoms with Gasteiger partial charge in [0.05, 0.1) is 0 Å². The van der Waals surface area contributed by atoms with Crippen LogP contribution in [0.1, 0.15) is 66.2 Å². The molecule has 1 heterocycles. The van der Waals surface area contributed by atoms with Crippen LogP contribution >= 0.6 is 11.6 Å². The Morgan fingerprint density at radius 2 is 1.93 bits per heavy atom. The molecule has 6 atom stereocenters. The molecule has 2 saturated carbocycles. The second-order valence-corrected chi connectivity index (χ2v) is 10.5. The summed E-state index contributed by atoms with van der Waals surface area (Å²) < 4.78 is 5.65. The van der Waals surface area contributed by atoms with Gasteiger partial charge in [-0.15, -0.1) is 11.6 Å². The van der Waals surface area contributed by atoms with Crippen LogP contribution in [0.15, 0.2) is 12.2 Å². The summed E-state index contributed by atoms with van der Waals surface area (Å²) in [5.74, 6) is -0.505. The normalized spacial score (nSPS) is 40.0. The first-order chi connectivity index (χ1) is 12.9. The van der Waals surface area contributed by atoms with E-state index in [1.807, 2.05) is 0 Å². The molecule has 2 amide bonds. The maximum Gasteiger partial charge on any atom is 0.303 e. The van der Waals surface area contributed by atoms with Gasteiger partial charge in [-0.2, -0.15) is 0 Å². The van der Waals surface area contributed by atoms with E-state index in [2.05, 4.69) is 32.7 Å². The number of hydrogen-bond donors (Lipinski definition) is 1. The Hall–Kier alpha value is -1.36. The van der Waals surface area contributed by atoms with Crippen LogP contribution in [0.4, 0.5) is 0 Å². The minimum Gasteiger partial charge on any atom is -0.458 e. The van der Waals surface area contributed by atoms with Crippen molar-refractivity contribution in [3.05, 3.63) is 12.2 Å². The van der Waals surface area contributed by atoms with Gasteiger partial charge in [0.25, 0.3) is 0 Å². The number of ether oxygens (including phenoxy) is 1. The van der Waals surface area contributed by atoms with Crippen molar-refractivity contribution in [2.75, 3.05) is 0 Å². The molecule has 1 aliphatic heterocycles. The molecule has 0 bridgehead atoms. The molecule has 3 aliphatic rings. The van der Waals surface area contributed by atoms with Crippen molar-refractivity contribution >= 4 is 29.4 Å². The van der Waals surface area contributed by atoms with Crippen LogP contribution in [0, 0.1) is 28.6 Å². The van der Waals surface area contributed by atoms with E-state index in [9.17, 15) is 14.4 Å². The van der Waals surface area contributed by atoms with Gasteiger partial charge >= 0.3 is 5.97 Å². The van der Waals surface area contributed by atoms with Crippen molar-refractivity contribution in [3.63, 3.8) is 0 Å². The van der Waals surface area contributed by atoms with Gasteiger partial charge < -0.3 is 4.74 Å². The van der Waals surface area contributed by atoms with Gasteiger partial charge in [0.15, 0.2) is 0 Å². The van der Waals surface area contributed by atoms with E-state index in [0.717, 1.165) is 31.3 Å². The predicted molar refractivity (Wildman–Crippen MR) is 108 cm³/mol. The first kappa shape index (κ1) is 21.4. The molecule has 28 heavy (non-hydrogen) atoms. The van der Waals surface area contributed by atoms with Crippen LogP contribution in [0.5, 0.6) is 0 Å². The van der Waals surface area contributed by atoms with Gasteiger partial charge in [0, 0.05) is 24.6 Å². The summed E-state index contributed by atoms with van der Waals surface area (Å²) in [6.07, 6.45) is 3.92. The van der Waals surface area contributed by atoms with Crippen LogP contribution in [0.3, 0.4) is 0 Å². The van der Waals surface area contributed by atoms with E-state index in [-0.39, 0.29) is 58.4 Å². The topological polar surface area (TPSA) is 72.5 Å². The second-order valence-electron chi connectivity index (χ2n) is 9.90. The molecule has 0 unspecified atom stereocenters. The molecule has 0 spiro atoms. The number of nitrogens with one attached hydrogen (secondary N) is 1. The lowest BCUT2D eigenvalue weighted by atomic mass is 9.46. The zero-order chi connectivity index (χ0) is 20.9. The van der Waals surface area contributed by atoms with Gasteiger partial charge in [-0.05, 0) is 60.3 Å². The molecule has 3 fully saturated rings. The van der Waals surface area contributed by atoms with Crippen molar-refractivity contribution in [3.8, 4) is 0 Å². The van der Waals surface area contributed by atoms with E-state index in [1.54, 1.807) is 0 Å². The fourth-order valence-electron chi connectivity index (χ4n) is 6.33. The summed E-state index contributed by atoms with van der Waals surface area (Å²) in [6.45, 7) is 12.6. The Kier molecular flexibility index (Phi) is 5.70. The third-order valence-corrected chi connectivity index (χ3v) is 7.74. The van der Waals surface area contributed by atoms with Gasteiger partial charge in [-0.3, -0.25) is 19.7 Å². The number of halogens is 1. The Morgan fingerprint density at radius 3 is 2.50 bits per heavy atom. The first-order valence-corrected chi connectivity index (χ1v) is 10.7. The summed E-state index contributed by atoms with van der Waals surface area (Å²) in [7, 11) is 0. The van der Waals surface area contributed by atoms with Gasteiger partial charge in [-0.1, -0.05) is 27.4 Å². The van der Waals surface area contributed by atoms with Crippen LogP contribution in [0.25, 0.3) is 0 Å². The molecule has 0 aromatic carbocycles. The number of carbonyl (C=O) groups excluding carboxylic acids is 3. The number of hydrogen-bond acceptors (Lipinski definition) is 4. The predicted octanol–water partition coefficient (Wildman–Crippen LogP) is 3.99. The number of rotatable bonds is 4. The average Bonchev–Trinajstić information content (AvgIpc) is 2.85. The Morgan fingerprint density at radius 1 is 1.25 bits per heavy atom. The molecule has 0 aromatic rings. The summed E-state index contributed by atoms with van der Waals surface area (Å²) >= 11 is 6.69. The second kappa shape index (κ2) is 7.47. The van der Waals surface area contributed by atoms with Crippen molar-refractivity contribution < 1.29 is 19.1 Å². The molecule has 1 N–H and O–H groups in total. The average molecular weight is 410 g/mol. The van der Waals surface area contributed by atoms with E-state index >= 15 is 0 Å². The lowest BCUT2D eigenvalue weighted by Gasteiger charge is -2.60. The summed E-state index contributed by atoms with van der Waals surface area (Å²) in [6, 6.07) is 0. The lowest BCUT2D eigenvalue weighted by Crippen LogP contribution is -2.55. The molecule has 156 valence electrons. The van der Waals surface area contributed by atoms with Gasteiger partial charge in [0.1, 0.15) is 6.10 Å². The maximum absolute atomic E-state index is 12.0. The van der Waals surface area contributed by atoms with Crippen molar-refractivity contribution in [1.82, 2.24) is 5.32 Å². The highest BCUT2D eigenvalue weighted by Gasteiger charge is 2.57. The first-order valence-electron chi connectivity index (χ1n) is 10.3. The van der Waals surface area contributed by atoms with Crippen LogP contribution in [-0.4, -0.2) is 29.3 Å². The maximum atomic E-state index is 12.0. The molecular formula is C22H32ClNO4. The zero-order valence-corrected chi connectivity index (χ0v) is 18.1. The van der Waals surface area contributed by atoms with Crippen LogP contribution in [-0.2, 0) is 19.1 Å². The minimum absolute atomic E-state index is 0.0253. The van der Waals surface area contributed by atoms with E-state index in [0.29, 0.717) is 12.3 Å². The Balaban J connectivity index is 1.88. The molecule has 5 nitrogen and oxygen atoms in total. The molecular weight excluding hydrogens is 378 g/mol.